The number of rotatable bonds is 3. The van der Waals surface area contributed by atoms with Crippen molar-refractivity contribution in [3.05, 3.63) is 12.2 Å². The number of hydrogen-bond acceptors (Lipinski definition) is 1. The van der Waals surface area contributed by atoms with Gasteiger partial charge < -0.3 is 0 Å². The Hall–Kier alpha value is -0.590. The van der Waals surface area contributed by atoms with Crippen LogP contribution in [0.1, 0.15) is 39.0 Å². The number of ketones is 1. The number of hydrogen-bond donors (Lipinski definition) is 0. The number of carbonyl (C=O) groups is 1. The van der Waals surface area contributed by atoms with E-state index in [1.165, 1.54) is 19.3 Å². The minimum absolute atomic E-state index is 0.305. The normalized spacial score (nSPS) is 37.0. The molecule has 0 N–H and O–H groups in total. The third-order valence-corrected chi connectivity index (χ3v) is 3.55. The number of allylic oxidation sites excluding steroid dienone is 2. The van der Waals surface area contributed by atoms with Crippen molar-refractivity contribution in [1.82, 2.24) is 0 Å². The van der Waals surface area contributed by atoms with Gasteiger partial charge in [-0.25, -0.2) is 0 Å². The average Bonchev–Trinajstić information content (AvgIpc) is 2.46. The number of Topliss-reactive ketones (excluding diaryl/α,β-unsaturated/α-hetero) is 1. The molecule has 1 fully saturated rings. The lowest BCUT2D eigenvalue weighted by Crippen LogP contribution is -2.45. The van der Waals surface area contributed by atoms with E-state index in [0.29, 0.717) is 23.5 Å². The van der Waals surface area contributed by atoms with E-state index in [-0.39, 0.29) is 0 Å². The molecule has 3 aliphatic rings. The fourth-order valence-electron chi connectivity index (χ4n) is 2.73. The zero-order chi connectivity index (χ0) is 9.26. The Morgan fingerprint density at radius 2 is 2.38 bits per heavy atom. The van der Waals surface area contributed by atoms with Crippen LogP contribution in [0.15, 0.2) is 12.2 Å². The molecule has 3 aliphatic carbocycles. The zero-order valence-electron chi connectivity index (χ0n) is 8.33. The first-order valence-corrected chi connectivity index (χ1v) is 5.55. The summed E-state index contributed by atoms with van der Waals surface area (Å²) >= 11 is 0. The highest BCUT2D eigenvalue weighted by Gasteiger charge is 2.47. The second kappa shape index (κ2) is 3.65. The van der Waals surface area contributed by atoms with Gasteiger partial charge in [-0.05, 0) is 25.2 Å². The van der Waals surface area contributed by atoms with Crippen LogP contribution in [0.3, 0.4) is 0 Å². The summed E-state index contributed by atoms with van der Waals surface area (Å²) in [5.74, 6) is 1.95. The van der Waals surface area contributed by atoms with Gasteiger partial charge >= 0.3 is 0 Å². The molecule has 72 valence electrons. The van der Waals surface area contributed by atoms with Crippen LogP contribution in [0.4, 0.5) is 0 Å². The van der Waals surface area contributed by atoms with Crippen molar-refractivity contribution in [3.8, 4) is 0 Å². The Labute approximate surface area is 80.2 Å². The first kappa shape index (κ1) is 8.98. The quantitative estimate of drug-likeness (QED) is 0.607. The zero-order valence-corrected chi connectivity index (χ0v) is 8.33. The monoisotopic (exact) mass is 178 g/mol. The van der Waals surface area contributed by atoms with Gasteiger partial charge in [-0.3, -0.25) is 4.79 Å². The summed E-state index contributed by atoms with van der Waals surface area (Å²) in [5, 5.41) is 0. The predicted molar refractivity (Wildman–Crippen MR) is 53.4 cm³/mol. The van der Waals surface area contributed by atoms with E-state index in [1.807, 2.05) is 0 Å². The molecule has 3 atom stereocenters. The highest BCUT2D eigenvalue weighted by Crippen LogP contribution is 2.45. The molecule has 0 aromatic heterocycles. The van der Waals surface area contributed by atoms with Crippen molar-refractivity contribution >= 4 is 5.78 Å². The highest BCUT2D eigenvalue weighted by atomic mass is 16.1. The summed E-state index contributed by atoms with van der Waals surface area (Å²) in [5.41, 5.74) is 0. The summed E-state index contributed by atoms with van der Waals surface area (Å²) in [6, 6.07) is 0. The lowest BCUT2D eigenvalue weighted by Gasteiger charge is -2.40. The maximum absolute atomic E-state index is 11.6. The first-order chi connectivity index (χ1) is 6.34. The lowest BCUT2D eigenvalue weighted by atomic mass is 9.61. The molecule has 0 amide bonds. The van der Waals surface area contributed by atoms with Crippen molar-refractivity contribution in [2.45, 2.75) is 39.0 Å². The van der Waals surface area contributed by atoms with Crippen LogP contribution in [-0.4, -0.2) is 5.78 Å². The van der Waals surface area contributed by atoms with Gasteiger partial charge in [0.1, 0.15) is 5.78 Å². The second-order valence-electron chi connectivity index (χ2n) is 4.35. The molecule has 0 unspecified atom stereocenters. The SMILES string of the molecule is CCCC[C@@H]1[C@@H]2CCC=C[C@H]1C2=O. The van der Waals surface area contributed by atoms with Crippen LogP contribution >= 0.6 is 0 Å². The van der Waals surface area contributed by atoms with Crippen molar-refractivity contribution in [2.24, 2.45) is 17.8 Å². The van der Waals surface area contributed by atoms with Crippen LogP contribution in [0.5, 0.6) is 0 Å². The van der Waals surface area contributed by atoms with Gasteiger partial charge in [-0.1, -0.05) is 31.9 Å². The van der Waals surface area contributed by atoms with E-state index in [0.717, 1.165) is 12.8 Å². The molecule has 0 radical (unpaired) electrons. The van der Waals surface area contributed by atoms with E-state index in [1.54, 1.807) is 0 Å². The van der Waals surface area contributed by atoms with Crippen LogP contribution in [0, 0.1) is 17.8 Å². The standard InChI is InChI=1S/C12H18O/c1-2-3-6-9-10-7-4-5-8-11(9)12(10)13/h4,7,9-11H,2-3,5-6,8H2,1H3/t9-,10+,11-/m0/s1. The molecular weight excluding hydrogens is 160 g/mol. The number of unbranched alkanes of at least 4 members (excludes halogenated alkanes) is 1. The van der Waals surface area contributed by atoms with Gasteiger partial charge in [-0.15, -0.1) is 0 Å². The molecule has 0 spiro atoms. The van der Waals surface area contributed by atoms with Gasteiger partial charge in [0.15, 0.2) is 0 Å². The Kier molecular flexibility index (Phi) is 2.52. The third kappa shape index (κ3) is 1.45. The third-order valence-electron chi connectivity index (χ3n) is 3.55. The Balaban J connectivity index is 1.98. The fraction of sp³-hybridized carbons (Fsp3) is 0.750. The van der Waals surface area contributed by atoms with Gasteiger partial charge in [0, 0.05) is 11.8 Å². The van der Waals surface area contributed by atoms with Gasteiger partial charge in [0.2, 0.25) is 0 Å². The Morgan fingerprint density at radius 3 is 3.15 bits per heavy atom. The molecule has 1 saturated carbocycles. The summed E-state index contributed by atoms with van der Waals surface area (Å²) in [6.07, 6.45) is 10.4. The van der Waals surface area contributed by atoms with Crippen LogP contribution in [0.2, 0.25) is 0 Å². The summed E-state index contributed by atoms with van der Waals surface area (Å²) in [6.45, 7) is 2.22. The summed E-state index contributed by atoms with van der Waals surface area (Å²) in [7, 11) is 0. The van der Waals surface area contributed by atoms with E-state index >= 15 is 0 Å². The maximum Gasteiger partial charge on any atom is 0.143 e. The average molecular weight is 178 g/mol. The molecule has 0 aliphatic heterocycles. The molecule has 1 heteroatoms. The summed E-state index contributed by atoms with van der Waals surface area (Å²) in [4.78, 5) is 11.6. The molecule has 0 saturated heterocycles. The topological polar surface area (TPSA) is 17.1 Å². The van der Waals surface area contributed by atoms with Gasteiger partial charge in [0.05, 0.1) is 0 Å². The molecule has 0 aromatic rings. The Morgan fingerprint density at radius 1 is 1.54 bits per heavy atom. The smallest absolute Gasteiger partial charge is 0.143 e. The largest absolute Gasteiger partial charge is 0.299 e. The van der Waals surface area contributed by atoms with Crippen molar-refractivity contribution in [1.29, 1.82) is 0 Å². The maximum atomic E-state index is 11.6. The molecule has 2 bridgehead atoms. The molecule has 13 heavy (non-hydrogen) atoms. The van der Waals surface area contributed by atoms with Crippen molar-refractivity contribution in [3.63, 3.8) is 0 Å². The van der Waals surface area contributed by atoms with E-state index < -0.39 is 0 Å². The first-order valence-electron chi connectivity index (χ1n) is 5.55. The minimum Gasteiger partial charge on any atom is -0.299 e. The predicted octanol–water partition coefficient (Wildman–Crippen LogP) is 2.96. The molecule has 0 aromatic carbocycles. The van der Waals surface area contributed by atoms with Crippen LogP contribution < -0.4 is 0 Å². The van der Waals surface area contributed by atoms with E-state index in [4.69, 9.17) is 0 Å². The van der Waals surface area contributed by atoms with Gasteiger partial charge in [-0.2, -0.15) is 0 Å². The minimum atomic E-state index is 0.305. The van der Waals surface area contributed by atoms with E-state index in [2.05, 4.69) is 19.1 Å². The number of fused-ring (bicyclic) bond motifs is 2. The van der Waals surface area contributed by atoms with Crippen molar-refractivity contribution < 1.29 is 4.79 Å². The molecule has 0 heterocycles. The van der Waals surface area contributed by atoms with Crippen LogP contribution in [0.25, 0.3) is 0 Å². The highest BCUT2D eigenvalue weighted by molar-refractivity contribution is 5.92. The molecular formula is C12H18O. The number of carbonyl (C=O) groups excluding carboxylic acids is 1. The van der Waals surface area contributed by atoms with Gasteiger partial charge in [0.25, 0.3) is 0 Å². The summed E-state index contributed by atoms with van der Waals surface area (Å²) < 4.78 is 0. The van der Waals surface area contributed by atoms with E-state index in [9.17, 15) is 4.79 Å². The molecule has 1 nitrogen and oxygen atoms in total. The molecule has 3 rings (SSSR count). The Bertz CT molecular complexity index is 229. The fourth-order valence-corrected chi connectivity index (χ4v) is 2.73. The second-order valence-corrected chi connectivity index (χ2v) is 4.35. The lowest BCUT2D eigenvalue weighted by molar-refractivity contribution is -0.140. The van der Waals surface area contributed by atoms with Crippen molar-refractivity contribution in [2.75, 3.05) is 0 Å². The van der Waals surface area contributed by atoms with Crippen LogP contribution in [-0.2, 0) is 4.79 Å².